The fourth-order valence-corrected chi connectivity index (χ4v) is 7.99. The summed E-state index contributed by atoms with van der Waals surface area (Å²) in [6.07, 6.45) is 11.1. The smallest absolute Gasteiger partial charge is 0.318 e. The number of carbonyl (C=O) groups excluding carboxylic acids is 2. The third-order valence-electron chi connectivity index (χ3n) is 9.09. The molecular formula is C29H45N5O3S. The van der Waals surface area contributed by atoms with Gasteiger partial charge in [-0.15, -0.1) is 0 Å². The Balaban J connectivity index is 1.55. The highest BCUT2D eigenvalue weighted by molar-refractivity contribution is 8.33. The summed E-state index contributed by atoms with van der Waals surface area (Å²) in [6.45, 7) is 8.26. The number of nitrogens with one attached hydrogen (secondary N) is 3. The molecule has 0 radical (unpaired) electrons. The van der Waals surface area contributed by atoms with Gasteiger partial charge >= 0.3 is 6.03 Å². The van der Waals surface area contributed by atoms with Crippen LogP contribution in [0.15, 0.2) is 30.3 Å². The van der Waals surface area contributed by atoms with Crippen LogP contribution in [0, 0.1) is 0 Å². The second-order valence-corrected chi connectivity index (χ2v) is 16.7. The number of fused-ring (bicyclic) bond motifs is 1. The lowest BCUT2D eigenvalue weighted by Crippen LogP contribution is -2.51. The highest BCUT2D eigenvalue weighted by atomic mass is 32.3. The number of nitrogens with zero attached hydrogens (tertiary/aromatic N) is 2. The Labute approximate surface area is 228 Å². The van der Waals surface area contributed by atoms with Crippen molar-refractivity contribution in [1.82, 2.24) is 20.4 Å². The van der Waals surface area contributed by atoms with Gasteiger partial charge in [0, 0.05) is 12.0 Å². The van der Waals surface area contributed by atoms with Crippen LogP contribution in [0.5, 0.6) is 0 Å². The summed E-state index contributed by atoms with van der Waals surface area (Å²) in [6, 6.07) is 9.26. The van der Waals surface area contributed by atoms with Gasteiger partial charge in [0.1, 0.15) is 0 Å². The van der Waals surface area contributed by atoms with Gasteiger partial charge in [-0.25, -0.2) is 14.8 Å². The molecule has 1 saturated carbocycles. The lowest BCUT2D eigenvalue weighted by atomic mass is 9.83. The van der Waals surface area contributed by atoms with Crippen molar-refractivity contribution < 1.29 is 14.7 Å². The van der Waals surface area contributed by atoms with Crippen LogP contribution in [-0.2, 0) is 16.9 Å². The molecule has 0 saturated heterocycles. The molecular weight excluding hydrogens is 498 g/mol. The summed E-state index contributed by atoms with van der Waals surface area (Å²) in [5, 5.41) is 25.0. The van der Waals surface area contributed by atoms with Gasteiger partial charge in [0.25, 0.3) is 0 Å². The van der Waals surface area contributed by atoms with E-state index in [1.165, 1.54) is 0 Å². The van der Waals surface area contributed by atoms with E-state index in [9.17, 15) is 14.7 Å². The monoisotopic (exact) mass is 543 g/mol. The molecule has 9 heteroatoms. The third kappa shape index (κ3) is 4.95. The lowest BCUT2D eigenvalue weighted by Gasteiger charge is -2.53. The van der Waals surface area contributed by atoms with Crippen LogP contribution in [-0.4, -0.2) is 61.3 Å². The van der Waals surface area contributed by atoms with Gasteiger partial charge in [0.05, 0.1) is 34.2 Å². The molecule has 2 aliphatic rings. The SMILES string of the molecule is CCC(O)(CC)C[C@@H](NC(=O)N1Cc2c(NC(=O)C3(S(C)(C)C)CCC3)n[nH]c2C1(C)C)c1ccccc1. The zero-order valence-electron chi connectivity index (χ0n) is 24.0. The molecule has 4 rings (SSSR count). The first-order valence-corrected chi connectivity index (χ1v) is 16.6. The fraction of sp³-hybridized carbons (Fsp3) is 0.621. The molecule has 3 amide bonds. The molecule has 1 aromatic carbocycles. The third-order valence-corrected chi connectivity index (χ3v) is 12.0. The highest BCUT2D eigenvalue weighted by Crippen LogP contribution is 2.60. The van der Waals surface area contributed by atoms with Gasteiger partial charge in [0.15, 0.2) is 5.82 Å². The number of anilines is 1. The van der Waals surface area contributed by atoms with E-state index in [0.717, 1.165) is 36.1 Å². The topological polar surface area (TPSA) is 110 Å². The molecule has 0 bridgehead atoms. The second kappa shape index (κ2) is 10.2. The lowest BCUT2D eigenvalue weighted by molar-refractivity contribution is -0.120. The Morgan fingerprint density at radius 1 is 1.16 bits per heavy atom. The molecule has 1 atom stereocenters. The molecule has 2 aromatic rings. The summed E-state index contributed by atoms with van der Waals surface area (Å²) in [5.74, 6) is 0.568. The Morgan fingerprint density at radius 2 is 1.79 bits per heavy atom. The minimum atomic E-state index is -1.10. The Kier molecular flexibility index (Phi) is 7.67. The van der Waals surface area contributed by atoms with E-state index in [0.29, 0.717) is 31.6 Å². The van der Waals surface area contributed by atoms with Crippen LogP contribution in [0.3, 0.4) is 0 Å². The van der Waals surface area contributed by atoms with Crippen LogP contribution in [0.4, 0.5) is 10.6 Å². The fourth-order valence-electron chi connectivity index (χ4n) is 5.86. The largest absolute Gasteiger partial charge is 0.390 e. The number of rotatable bonds is 9. The van der Waals surface area contributed by atoms with E-state index in [-0.39, 0.29) is 22.7 Å². The van der Waals surface area contributed by atoms with E-state index < -0.39 is 21.2 Å². The number of aromatic nitrogens is 2. The molecule has 8 nitrogen and oxygen atoms in total. The summed E-state index contributed by atoms with van der Waals surface area (Å²) >= 11 is 0. The summed E-state index contributed by atoms with van der Waals surface area (Å²) in [4.78, 5) is 29.0. The van der Waals surface area contributed by atoms with E-state index in [1.54, 1.807) is 4.90 Å². The quantitative estimate of drug-likeness (QED) is 0.339. The van der Waals surface area contributed by atoms with Gasteiger partial charge in [-0.1, -0.05) is 44.2 Å². The van der Waals surface area contributed by atoms with Crippen LogP contribution in [0.2, 0.25) is 0 Å². The van der Waals surface area contributed by atoms with Crippen molar-refractivity contribution in [2.45, 2.75) is 94.7 Å². The minimum absolute atomic E-state index is 0.0452. The number of aromatic amines is 1. The Bertz CT molecular complexity index is 1160. The number of benzene rings is 1. The van der Waals surface area contributed by atoms with E-state index in [1.807, 2.05) is 58.0 Å². The van der Waals surface area contributed by atoms with Crippen molar-refractivity contribution in [3.8, 4) is 0 Å². The van der Waals surface area contributed by atoms with E-state index in [4.69, 9.17) is 0 Å². The van der Waals surface area contributed by atoms with Crippen LogP contribution in [0.25, 0.3) is 0 Å². The normalized spacial score (nSPS) is 19.3. The number of hydrogen-bond acceptors (Lipinski definition) is 4. The van der Waals surface area contributed by atoms with Crippen molar-refractivity contribution >= 4 is 27.8 Å². The molecule has 0 unspecified atom stereocenters. The molecule has 1 fully saturated rings. The number of amides is 3. The van der Waals surface area contributed by atoms with E-state index in [2.05, 4.69) is 39.6 Å². The van der Waals surface area contributed by atoms with Gasteiger partial charge < -0.3 is 20.6 Å². The van der Waals surface area contributed by atoms with Gasteiger partial charge in [-0.3, -0.25) is 9.89 Å². The summed E-state index contributed by atoms with van der Waals surface area (Å²) in [5.41, 5.74) is 1.13. The number of hydrogen-bond donors (Lipinski definition) is 4. The number of urea groups is 1. The van der Waals surface area contributed by atoms with Crippen LogP contribution >= 0.6 is 10.0 Å². The van der Waals surface area contributed by atoms with Crippen LogP contribution in [0.1, 0.15) is 89.1 Å². The number of carbonyl (C=O) groups is 2. The first-order chi connectivity index (χ1) is 17.8. The molecule has 0 spiro atoms. The zero-order chi connectivity index (χ0) is 27.9. The molecule has 2 heterocycles. The zero-order valence-corrected chi connectivity index (χ0v) is 24.8. The van der Waals surface area contributed by atoms with Crippen molar-refractivity contribution in [3.63, 3.8) is 0 Å². The predicted octanol–water partition coefficient (Wildman–Crippen LogP) is 5.41. The van der Waals surface area contributed by atoms with Gasteiger partial charge in [0.2, 0.25) is 5.91 Å². The Morgan fingerprint density at radius 3 is 2.32 bits per heavy atom. The van der Waals surface area contributed by atoms with Gasteiger partial charge in [-0.05, 0) is 70.3 Å². The minimum Gasteiger partial charge on any atom is -0.390 e. The highest BCUT2D eigenvalue weighted by Gasteiger charge is 2.51. The molecule has 210 valence electrons. The number of aliphatic hydroxyl groups is 1. The molecule has 1 aromatic heterocycles. The standard InChI is InChI=1S/C29H45N5O3S/c1-8-28(37,9-2)18-22(20-14-11-10-12-15-20)30-26(36)34-19-21-23(27(34,3)4)32-33-24(21)31-25(35)29(16-13-17-29)38(5,6)7/h10-12,14-15,22,37H,8-9,13,16-19H2,1-7H3,(H,30,36)(H2,31,32,33,35)/t22-/m1/s1. The average Bonchev–Trinajstić information content (AvgIpc) is 3.35. The second-order valence-electron chi connectivity index (χ2n) is 12.3. The number of H-pyrrole nitrogens is 1. The van der Waals surface area contributed by atoms with Gasteiger partial charge in [-0.2, -0.15) is 5.10 Å². The first kappa shape index (κ1) is 28.5. The first-order valence-electron chi connectivity index (χ1n) is 13.7. The Hall–Kier alpha value is -2.52. The van der Waals surface area contributed by atoms with Crippen molar-refractivity contribution in [2.75, 3.05) is 24.1 Å². The summed E-state index contributed by atoms with van der Waals surface area (Å²) < 4.78 is -0.317. The molecule has 4 N–H and O–H groups in total. The van der Waals surface area contributed by atoms with Crippen molar-refractivity contribution in [3.05, 3.63) is 47.2 Å². The maximum atomic E-state index is 13.8. The molecule has 1 aliphatic carbocycles. The van der Waals surface area contributed by atoms with Crippen molar-refractivity contribution in [1.29, 1.82) is 0 Å². The molecule has 38 heavy (non-hydrogen) atoms. The van der Waals surface area contributed by atoms with Crippen molar-refractivity contribution in [2.24, 2.45) is 0 Å². The maximum absolute atomic E-state index is 13.8. The predicted molar refractivity (Wildman–Crippen MR) is 156 cm³/mol. The average molecular weight is 544 g/mol. The maximum Gasteiger partial charge on any atom is 0.318 e. The van der Waals surface area contributed by atoms with Crippen LogP contribution < -0.4 is 10.6 Å². The molecule has 1 aliphatic heterocycles. The summed E-state index contributed by atoms with van der Waals surface area (Å²) in [7, 11) is -1.10. The van der Waals surface area contributed by atoms with E-state index >= 15 is 0 Å².